The highest BCUT2D eigenvalue weighted by Gasteiger charge is 2.23. The van der Waals surface area contributed by atoms with Crippen LogP contribution in [0.3, 0.4) is 0 Å². The highest BCUT2D eigenvalue weighted by molar-refractivity contribution is 5.82. The van der Waals surface area contributed by atoms with Crippen molar-refractivity contribution in [3.8, 4) is 0 Å². The van der Waals surface area contributed by atoms with Crippen molar-refractivity contribution in [2.75, 3.05) is 6.54 Å². The molecule has 0 aromatic carbocycles. The second kappa shape index (κ2) is 3.72. The van der Waals surface area contributed by atoms with Crippen LogP contribution in [0.5, 0.6) is 0 Å². The molecule has 0 bridgehead atoms. The van der Waals surface area contributed by atoms with Gasteiger partial charge in [0.15, 0.2) is 0 Å². The minimum absolute atomic E-state index is 0.0451. The summed E-state index contributed by atoms with van der Waals surface area (Å²) in [5.74, 6) is 0.157. The van der Waals surface area contributed by atoms with Crippen molar-refractivity contribution in [2.24, 2.45) is 0 Å². The molecule has 1 aliphatic rings. The fraction of sp³-hybridized carbons (Fsp3) is 0.875. The van der Waals surface area contributed by atoms with E-state index in [1.807, 2.05) is 0 Å². The summed E-state index contributed by atoms with van der Waals surface area (Å²) in [7, 11) is 0. The molecule has 1 saturated heterocycles. The quantitative estimate of drug-likeness (QED) is 0.602. The van der Waals surface area contributed by atoms with Gasteiger partial charge in [0.25, 0.3) is 0 Å². The van der Waals surface area contributed by atoms with Gasteiger partial charge in [-0.15, -0.1) is 0 Å². The number of nitrogens with one attached hydrogen (secondary N) is 2. The van der Waals surface area contributed by atoms with E-state index in [-0.39, 0.29) is 11.9 Å². The van der Waals surface area contributed by atoms with Crippen LogP contribution in [0.15, 0.2) is 0 Å². The van der Waals surface area contributed by atoms with E-state index in [1.54, 1.807) is 0 Å². The minimum Gasteiger partial charge on any atom is -0.353 e. The maximum atomic E-state index is 11.2. The van der Waals surface area contributed by atoms with Gasteiger partial charge in [0.2, 0.25) is 5.91 Å². The van der Waals surface area contributed by atoms with Crippen LogP contribution in [0, 0.1) is 0 Å². The fourth-order valence-electron chi connectivity index (χ4n) is 1.36. The summed E-state index contributed by atoms with van der Waals surface area (Å²) in [5.41, 5.74) is 0. The fourth-order valence-corrected chi connectivity index (χ4v) is 1.36. The largest absolute Gasteiger partial charge is 0.353 e. The molecule has 2 unspecified atom stereocenters. The molecule has 0 aromatic rings. The van der Waals surface area contributed by atoms with Gasteiger partial charge in [-0.25, -0.2) is 0 Å². The monoisotopic (exact) mass is 156 g/mol. The Bertz CT molecular complexity index is 147. The highest BCUT2D eigenvalue weighted by Crippen LogP contribution is 2.01. The molecule has 11 heavy (non-hydrogen) atoms. The lowest BCUT2D eigenvalue weighted by atomic mass is 10.1. The molecule has 1 amide bonds. The Balaban J connectivity index is 2.40. The Morgan fingerprint density at radius 2 is 2.36 bits per heavy atom. The second-order valence-corrected chi connectivity index (χ2v) is 3.15. The van der Waals surface area contributed by atoms with Crippen molar-refractivity contribution in [3.63, 3.8) is 0 Å². The van der Waals surface area contributed by atoms with E-state index >= 15 is 0 Å². The molecule has 0 radical (unpaired) electrons. The normalized spacial score (nSPS) is 31.6. The smallest absolute Gasteiger partial charge is 0.237 e. The van der Waals surface area contributed by atoms with Crippen LogP contribution in [0.25, 0.3) is 0 Å². The maximum absolute atomic E-state index is 11.2. The summed E-state index contributed by atoms with van der Waals surface area (Å²) < 4.78 is 0. The standard InChI is InChI=1S/C8H16N2O/c1-3-4-7-8(11)9-5-6(2)10-7/h6-7,10H,3-5H2,1-2H3,(H,9,11). The molecule has 0 aromatic heterocycles. The van der Waals surface area contributed by atoms with Gasteiger partial charge >= 0.3 is 0 Å². The average Bonchev–Trinajstić information content (AvgIpc) is 1.98. The van der Waals surface area contributed by atoms with Gasteiger partial charge in [-0.3, -0.25) is 4.79 Å². The average molecular weight is 156 g/mol. The maximum Gasteiger partial charge on any atom is 0.237 e. The lowest BCUT2D eigenvalue weighted by Gasteiger charge is -2.28. The van der Waals surface area contributed by atoms with Gasteiger partial charge in [-0.2, -0.15) is 0 Å². The Hall–Kier alpha value is -0.570. The predicted molar refractivity (Wildman–Crippen MR) is 44.3 cm³/mol. The number of piperazine rings is 1. The first kappa shape index (κ1) is 8.53. The van der Waals surface area contributed by atoms with Crippen LogP contribution in [-0.2, 0) is 4.79 Å². The summed E-state index contributed by atoms with van der Waals surface area (Å²) in [4.78, 5) is 11.2. The van der Waals surface area contributed by atoms with Gasteiger partial charge < -0.3 is 10.6 Å². The first-order valence-electron chi connectivity index (χ1n) is 4.27. The number of rotatable bonds is 2. The van der Waals surface area contributed by atoms with Gasteiger partial charge in [0, 0.05) is 12.6 Å². The Morgan fingerprint density at radius 3 is 3.00 bits per heavy atom. The number of hydrogen-bond donors (Lipinski definition) is 2. The highest BCUT2D eigenvalue weighted by atomic mass is 16.2. The van der Waals surface area contributed by atoms with E-state index in [9.17, 15) is 4.79 Å². The summed E-state index contributed by atoms with van der Waals surface area (Å²) in [6, 6.07) is 0.466. The van der Waals surface area contributed by atoms with Crippen molar-refractivity contribution in [1.82, 2.24) is 10.6 Å². The van der Waals surface area contributed by atoms with Crippen LogP contribution in [0.2, 0.25) is 0 Å². The van der Waals surface area contributed by atoms with Crippen molar-refractivity contribution >= 4 is 5.91 Å². The summed E-state index contributed by atoms with van der Waals surface area (Å²) >= 11 is 0. The molecule has 2 atom stereocenters. The van der Waals surface area contributed by atoms with Crippen molar-refractivity contribution in [2.45, 2.75) is 38.8 Å². The summed E-state index contributed by atoms with van der Waals surface area (Å²) in [6.07, 6.45) is 1.99. The van der Waals surface area contributed by atoms with Crippen LogP contribution in [-0.4, -0.2) is 24.5 Å². The van der Waals surface area contributed by atoms with Gasteiger partial charge in [0.05, 0.1) is 6.04 Å². The zero-order chi connectivity index (χ0) is 8.27. The van der Waals surface area contributed by atoms with E-state index in [1.165, 1.54) is 0 Å². The number of carbonyl (C=O) groups is 1. The third-order valence-electron chi connectivity index (χ3n) is 1.96. The van der Waals surface area contributed by atoms with E-state index in [0.717, 1.165) is 19.4 Å². The molecule has 0 spiro atoms. The second-order valence-electron chi connectivity index (χ2n) is 3.15. The molecule has 1 rings (SSSR count). The van der Waals surface area contributed by atoms with Crippen molar-refractivity contribution < 1.29 is 4.79 Å². The molecule has 0 aliphatic carbocycles. The van der Waals surface area contributed by atoms with Crippen molar-refractivity contribution in [3.05, 3.63) is 0 Å². The number of carbonyl (C=O) groups excluding carboxylic acids is 1. The summed E-state index contributed by atoms with van der Waals surface area (Å²) in [6.45, 7) is 4.94. The molecule has 64 valence electrons. The van der Waals surface area contributed by atoms with Gasteiger partial charge in [-0.1, -0.05) is 13.3 Å². The summed E-state index contributed by atoms with van der Waals surface area (Å²) in [5, 5.41) is 6.12. The van der Waals surface area contributed by atoms with Gasteiger partial charge in [-0.05, 0) is 13.3 Å². The van der Waals surface area contributed by atoms with Gasteiger partial charge in [0.1, 0.15) is 0 Å². The molecule has 0 saturated carbocycles. The lowest BCUT2D eigenvalue weighted by molar-refractivity contribution is -0.125. The van der Waals surface area contributed by atoms with Crippen molar-refractivity contribution in [1.29, 1.82) is 0 Å². The molecule has 1 heterocycles. The molecular weight excluding hydrogens is 140 g/mol. The first-order valence-corrected chi connectivity index (χ1v) is 4.27. The third kappa shape index (κ3) is 2.19. The lowest BCUT2D eigenvalue weighted by Crippen LogP contribution is -2.57. The third-order valence-corrected chi connectivity index (χ3v) is 1.96. The number of hydrogen-bond acceptors (Lipinski definition) is 2. The van der Waals surface area contributed by atoms with Crippen LogP contribution in [0.1, 0.15) is 26.7 Å². The molecule has 1 aliphatic heterocycles. The first-order chi connectivity index (χ1) is 5.24. The van der Waals surface area contributed by atoms with Crippen LogP contribution in [0.4, 0.5) is 0 Å². The van der Waals surface area contributed by atoms with E-state index < -0.39 is 0 Å². The zero-order valence-corrected chi connectivity index (χ0v) is 7.18. The Labute approximate surface area is 67.5 Å². The molecule has 3 heteroatoms. The topological polar surface area (TPSA) is 41.1 Å². The SMILES string of the molecule is CCCC1NC(C)CNC1=O. The van der Waals surface area contributed by atoms with E-state index in [0.29, 0.717) is 6.04 Å². The van der Waals surface area contributed by atoms with Crippen LogP contribution >= 0.6 is 0 Å². The minimum atomic E-state index is 0.0451. The zero-order valence-electron chi connectivity index (χ0n) is 7.18. The van der Waals surface area contributed by atoms with E-state index in [4.69, 9.17) is 0 Å². The Morgan fingerprint density at radius 1 is 1.64 bits per heavy atom. The molecule has 1 fully saturated rings. The molecule has 2 N–H and O–H groups in total. The molecular formula is C8H16N2O. The number of amides is 1. The van der Waals surface area contributed by atoms with E-state index in [2.05, 4.69) is 24.5 Å². The predicted octanol–water partition coefficient (Wildman–Crippen LogP) is 0.263. The molecule has 3 nitrogen and oxygen atoms in total. The van der Waals surface area contributed by atoms with Crippen LogP contribution < -0.4 is 10.6 Å². The Kier molecular flexibility index (Phi) is 2.88.